The molecule has 26 heavy (non-hydrogen) atoms. The molecule has 0 heterocycles. The number of nitrogens with zero attached hydrogens (tertiary/aromatic N) is 1. The van der Waals surface area contributed by atoms with Gasteiger partial charge in [0.25, 0.3) is 0 Å². The molecule has 0 aliphatic heterocycles. The summed E-state index contributed by atoms with van der Waals surface area (Å²) in [5, 5.41) is 4.32. The number of amides is 2. The second-order valence-electron chi connectivity index (χ2n) is 5.54. The second kappa shape index (κ2) is 7.65. The Hall–Kier alpha value is -2.74. The molecule has 0 unspecified atom stereocenters. The fraction of sp³-hybridized carbons (Fsp3) is 0.176. The van der Waals surface area contributed by atoms with E-state index in [4.69, 9.17) is 11.6 Å². The lowest BCUT2D eigenvalue weighted by atomic mass is 10.2. The summed E-state index contributed by atoms with van der Waals surface area (Å²) in [6.07, 6.45) is -4.60. The maximum Gasteiger partial charge on any atom is 0.416 e. The monoisotopic (exact) mass is 385 g/mol. The van der Waals surface area contributed by atoms with Crippen LogP contribution in [0.1, 0.15) is 5.56 Å². The van der Waals surface area contributed by atoms with E-state index in [-0.39, 0.29) is 10.7 Å². The van der Waals surface area contributed by atoms with Gasteiger partial charge in [-0.3, -0.25) is 9.59 Å². The summed E-state index contributed by atoms with van der Waals surface area (Å²) in [5.74, 6) is -2.17. The quantitative estimate of drug-likeness (QED) is 0.785. The molecule has 0 spiro atoms. The number of hydrogen-bond donors (Lipinski definition) is 2. The number of anilines is 3. The van der Waals surface area contributed by atoms with Crippen LogP contribution in [0.2, 0.25) is 5.02 Å². The predicted molar refractivity (Wildman–Crippen MR) is 94.5 cm³/mol. The van der Waals surface area contributed by atoms with Gasteiger partial charge in [-0.2, -0.15) is 13.2 Å². The number of rotatable bonds is 3. The van der Waals surface area contributed by atoms with Gasteiger partial charge in [-0.05, 0) is 42.5 Å². The van der Waals surface area contributed by atoms with Crippen LogP contribution in [-0.2, 0) is 15.8 Å². The number of nitrogens with one attached hydrogen (secondary N) is 2. The van der Waals surface area contributed by atoms with Gasteiger partial charge < -0.3 is 15.5 Å². The van der Waals surface area contributed by atoms with Gasteiger partial charge in [0.05, 0.1) is 16.3 Å². The zero-order valence-corrected chi connectivity index (χ0v) is 14.6. The normalized spacial score (nSPS) is 11.0. The van der Waals surface area contributed by atoms with Crippen LogP contribution in [0.25, 0.3) is 0 Å². The average Bonchev–Trinajstić information content (AvgIpc) is 2.56. The smallest absolute Gasteiger partial charge is 0.378 e. The molecular formula is C17H15ClF3N3O2. The minimum Gasteiger partial charge on any atom is -0.378 e. The van der Waals surface area contributed by atoms with E-state index < -0.39 is 23.6 Å². The summed E-state index contributed by atoms with van der Waals surface area (Å²) in [6, 6.07) is 9.10. The van der Waals surface area contributed by atoms with Crippen LogP contribution in [0, 0.1) is 0 Å². The molecule has 0 aliphatic carbocycles. The molecule has 0 radical (unpaired) electrons. The average molecular weight is 386 g/mol. The minimum atomic E-state index is -4.60. The van der Waals surface area contributed by atoms with Crippen LogP contribution in [0.15, 0.2) is 42.5 Å². The molecule has 0 aromatic heterocycles. The molecule has 138 valence electrons. The van der Waals surface area contributed by atoms with Crippen molar-refractivity contribution in [3.63, 3.8) is 0 Å². The van der Waals surface area contributed by atoms with E-state index in [0.29, 0.717) is 11.8 Å². The first-order chi connectivity index (χ1) is 12.1. The molecule has 2 rings (SSSR count). The van der Waals surface area contributed by atoms with Gasteiger partial charge in [0.15, 0.2) is 0 Å². The lowest BCUT2D eigenvalue weighted by molar-refractivity contribution is -0.137. The van der Waals surface area contributed by atoms with Crippen LogP contribution in [0.5, 0.6) is 0 Å². The summed E-state index contributed by atoms with van der Waals surface area (Å²) in [7, 11) is 3.69. The Labute approximate surface area is 152 Å². The first-order valence-corrected chi connectivity index (χ1v) is 7.72. The molecule has 0 bridgehead atoms. The van der Waals surface area contributed by atoms with Crippen molar-refractivity contribution in [3.05, 3.63) is 53.1 Å². The van der Waals surface area contributed by atoms with Crippen molar-refractivity contribution in [3.8, 4) is 0 Å². The minimum absolute atomic E-state index is 0.116. The Balaban J connectivity index is 2.08. The molecule has 2 aromatic carbocycles. The maximum absolute atomic E-state index is 12.7. The first-order valence-electron chi connectivity index (χ1n) is 7.34. The highest BCUT2D eigenvalue weighted by Gasteiger charge is 2.31. The Kier molecular flexibility index (Phi) is 5.76. The summed E-state index contributed by atoms with van der Waals surface area (Å²) in [4.78, 5) is 25.7. The fourth-order valence-electron chi connectivity index (χ4n) is 2.01. The van der Waals surface area contributed by atoms with E-state index in [1.165, 1.54) is 0 Å². The van der Waals surface area contributed by atoms with Gasteiger partial charge in [-0.25, -0.2) is 0 Å². The van der Waals surface area contributed by atoms with Crippen molar-refractivity contribution in [1.29, 1.82) is 0 Å². The number of carbonyl (C=O) groups is 2. The van der Waals surface area contributed by atoms with Crippen LogP contribution in [-0.4, -0.2) is 25.9 Å². The zero-order valence-electron chi connectivity index (χ0n) is 13.8. The van der Waals surface area contributed by atoms with E-state index in [1.807, 2.05) is 19.0 Å². The van der Waals surface area contributed by atoms with E-state index in [1.54, 1.807) is 24.3 Å². The molecule has 9 heteroatoms. The summed E-state index contributed by atoms with van der Waals surface area (Å²) < 4.78 is 38.2. The van der Waals surface area contributed by atoms with Crippen molar-refractivity contribution in [2.24, 2.45) is 0 Å². The van der Waals surface area contributed by atoms with Gasteiger partial charge in [-0.1, -0.05) is 11.6 Å². The third kappa shape index (κ3) is 4.89. The third-order valence-electron chi connectivity index (χ3n) is 3.39. The van der Waals surface area contributed by atoms with Gasteiger partial charge >= 0.3 is 18.0 Å². The van der Waals surface area contributed by atoms with Gasteiger partial charge in [0.1, 0.15) is 0 Å². The van der Waals surface area contributed by atoms with Gasteiger partial charge in [-0.15, -0.1) is 0 Å². The molecule has 2 aromatic rings. The van der Waals surface area contributed by atoms with Gasteiger partial charge in [0.2, 0.25) is 0 Å². The van der Waals surface area contributed by atoms with Crippen LogP contribution >= 0.6 is 11.6 Å². The number of carbonyl (C=O) groups excluding carboxylic acids is 2. The molecule has 0 fully saturated rings. The van der Waals surface area contributed by atoms with Crippen molar-refractivity contribution in [2.75, 3.05) is 29.6 Å². The van der Waals surface area contributed by atoms with Crippen molar-refractivity contribution in [1.82, 2.24) is 0 Å². The molecule has 0 saturated heterocycles. The first kappa shape index (κ1) is 19.6. The lowest BCUT2D eigenvalue weighted by Crippen LogP contribution is -2.29. The Bertz CT molecular complexity index is 821. The van der Waals surface area contributed by atoms with Gasteiger partial charge in [0, 0.05) is 25.5 Å². The summed E-state index contributed by atoms with van der Waals surface area (Å²) in [5.41, 5.74) is -0.0319. The highest BCUT2D eigenvalue weighted by Crippen LogP contribution is 2.33. The zero-order chi connectivity index (χ0) is 19.5. The van der Waals surface area contributed by atoms with E-state index in [9.17, 15) is 22.8 Å². The van der Waals surface area contributed by atoms with Crippen molar-refractivity contribution < 1.29 is 22.8 Å². The van der Waals surface area contributed by atoms with Crippen molar-refractivity contribution >= 4 is 40.5 Å². The predicted octanol–water partition coefficient (Wildman–Crippen LogP) is 4.00. The molecule has 2 amide bonds. The topological polar surface area (TPSA) is 61.4 Å². The molecule has 5 nitrogen and oxygen atoms in total. The molecule has 0 aliphatic rings. The van der Waals surface area contributed by atoms with E-state index in [2.05, 4.69) is 10.6 Å². The van der Waals surface area contributed by atoms with Crippen LogP contribution < -0.4 is 15.5 Å². The highest BCUT2D eigenvalue weighted by atomic mass is 35.5. The molecule has 0 saturated carbocycles. The Morgan fingerprint density at radius 1 is 0.962 bits per heavy atom. The standard InChI is InChI=1S/C17H15ClF3N3O2/c1-24(2)12-6-4-11(5-7-12)22-15(25)16(26)23-14-9-10(17(19,20)21)3-8-13(14)18/h3-9H,1-2H3,(H,22,25)(H,23,26). The number of hydrogen-bond acceptors (Lipinski definition) is 3. The lowest BCUT2D eigenvalue weighted by Gasteiger charge is -2.13. The van der Waals surface area contributed by atoms with E-state index >= 15 is 0 Å². The molecule has 2 N–H and O–H groups in total. The third-order valence-corrected chi connectivity index (χ3v) is 3.72. The maximum atomic E-state index is 12.7. The molecule has 0 atom stereocenters. The van der Waals surface area contributed by atoms with Crippen LogP contribution in [0.4, 0.5) is 30.2 Å². The SMILES string of the molecule is CN(C)c1ccc(NC(=O)C(=O)Nc2cc(C(F)(F)F)ccc2Cl)cc1. The largest absolute Gasteiger partial charge is 0.416 e. The fourth-order valence-corrected chi connectivity index (χ4v) is 2.17. The van der Waals surface area contributed by atoms with Crippen molar-refractivity contribution in [2.45, 2.75) is 6.18 Å². The Morgan fingerprint density at radius 2 is 1.54 bits per heavy atom. The number of alkyl halides is 3. The Morgan fingerprint density at radius 3 is 2.08 bits per heavy atom. The summed E-state index contributed by atoms with van der Waals surface area (Å²) in [6.45, 7) is 0. The number of benzene rings is 2. The molecular weight excluding hydrogens is 371 g/mol. The second-order valence-corrected chi connectivity index (χ2v) is 5.95. The van der Waals surface area contributed by atoms with E-state index in [0.717, 1.165) is 17.8 Å². The summed E-state index contributed by atoms with van der Waals surface area (Å²) >= 11 is 5.78. The highest BCUT2D eigenvalue weighted by molar-refractivity contribution is 6.44. The number of halogens is 4. The van der Waals surface area contributed by atoms with Crippen LogP contribution in [0.3, 0.4) is 0 Å².